The number of pyridine rings is 1. The summed E-state index contributed by atoms with van der Waals surface area (Å²) >= 11 is 6.61. The zero-order valence-corrected chi connectivity index (χ0v) is 32.3. The van der Waals surface area contributed by atoms with E-state index in [-0.39, 0.29) is 43.8 Å². The third kappa shape index (κ3) is 11.1. The fraction of sp³-hybridized carbons (Fsp3) is 0.526. The Morgan fingerprint density at radius 1 is 1.02 bits per heavy atom. The van der Waals surface area contributed by atoms with Crippen molar-refractivity contribution in [3.63, 3.8) is 0 Å². The molecule has 2 aliphatic carbocycles. The van der Waals surface area contributed by atoms with Crippen molar-refractivity contribution >= 4 is 27.7 Å². The van der Waals surface area contributed by atoms with Crippen molar-refractivity contribution < 1.29 is 53.0 Å². The standard InChI is InChI=1S/C38H51ClN4O11S/c1-52-19-18-43(17-5-4-15-41-37(49)42-32(22-44)35(47)36(48)33(46)23-45)55(50,51)27-10-11-31(39)25(20-27)24-53-38(13-14-38)30-21-40-16-12-28(30)29-6-2-3-7-34(29)54-26-8-9-26/h2-3,6-7,10-12,16,20-21,26,32-33,35-36,44-48H,4-5,8-9,13-15,17-19,22-24H2,1H3,(H2,41,42,49)/t32-,33+,35+,36+/m0/s1. The molecule has 0 bridgehead atoms. The number of nitrogens with zero attached hydrogens (tertiary/aromatic N) is 2. The highest BCUT2D eigenvalue weighted by molar-refractivity contribution is 7.89. The van der Waals surface area contributed by atoms with Crippen LogP contribution in [0.15, 0.2) is 65.8 Å². The molecule has 15 nitrogen and oxygen atoms in total. The molecule has 2 saturated carbocycles. The highest BCUT2D eigenvalue weighted by Crippen LogP contribution is 2.53. The number of aromatic nitrogens is 1. The van der Waals surface area contributed by atoms with Crippen molar-refractivity contribution in [1.29, 1.82) is 0 Å². The number of methoxy groups -OCH3 is 1. The smallest absolute Gasteiger partial charge is 0.315 e. The topological polar surface area (TPSA) is 220 Å². The van der Waals surface area contributed by atoms with Gasteiger partial charge in [0, 0.05) is 55.3 Å². The fourth-order valence-corrected chi connectivity index (χ4v) is 7.82. The zero-order valence-electron chi connectivity index (χ0n) is 30.7. The number of sulfonamides is 1. The number of hydrogen-bond donors (Lipinski definition) is 7. The molecule has 2 fully saturated rings. The van der Waals surface area contributed by atoms with Crippen molar-refractivity contribution in [2.75, 3.05) is 46.6 Å². The summed E-state index contributed by atoms with van der Waals surface area (Å²) in [6.45, 7) is -1.03. The minimum absolute atomic E-state index is 0.0456. The van der Waals surface area contributed by atoms with Gasteiger partial charge < -0.3 is 50.4 Å². The molecule has 2 amide bonds. The van der Waals surface area contributed by atoms with Gasteiger partial charge in [-0.2, -0.15) is 4.31 Å². The van der Waals surface area contributed by atoms with E-state index in [4.69, 9.17) is 30.9 Å². The number of urea groups is 1. The Hall–Kier alpha value is -3.42. The number of para-hydroxylation sites is 1. The summed E-state index contributed by atoms with van der Waals surface area (Å²) in [5.74, 6) is 0.816. The largest absolute Gasteiger partial charge is 0.490 e. The van der Waals surface area contributed by atoms with Crippen LogP contribution in [0.4, 0.5) is 4.79 Å². The van der Waals surface area contributed by atoms with Crippen LogP contribution in [0.3, 0.4) is 0 Å². The molecule has 3 aromatic rings. The first-order chi connectivity index (χ1) is 26.4. The molecule has 1 heterocycles. The van der Waals surface area contributed by atoms with Crippen LogP contribution in [0, 0.1) is 0 Å². The second kappa shape index (κ2) is 19.6. The lowest BCUT2D eigenvalue weighted by molar-refractivity contribution is -0.0902. The Bertz CT molecular complexity index is 1830. The summed E-state index contributed by atoms with van der Waals surface area (Å²) in [6.07, 6.45) is 2.93. The number of carbonyl (C=O) groups is 1. The van der Waals surface area contributed by atoms with Gasteiger partial charge in [0.15, 0.2) is 0 Å². The Labute approximate surface area is 326 Å². The average molecular weight is 807 g/mol. The maximum absolute atomic E-state index is 14.0. The van der Waals surface area contributed by atoms with Gasteiger partial charge in [-0.05, 0) is 80.0 Å². The minimum Gasteiger partial charge on any atom is -0.490 e. The first-order valence-corrected chi connectivity index (χ1v) is 20.2. The number of aliphatic hydroxyl groups is 5. The van der Waals surface area contributed by atoms with E-state index in [1.54, 1.807) is 12.3 Å². The predicted molar refractivity (Wildman–Crippen MR) is 203 cm³/mol. The van der Waals surface area contributed by atoms with Crippen molar-refractivity contribution in [2.24, 2.45) is 0 Å². The number of unbranched alkanes of at least 4 members (excludes halogenated alkanes) is 1. The van der Waals surface area contributed by atoms with Crippen molar-refractivity contribution in [3.05, 3.63) is 77.1 Å². The van der Waals surface area contributed by atoms with Gasteiger partial charge in [0.1, 0.15) is 24.1 Å². The summed E-state index contributed by atoms with van der Waals surface area (Å²) in [6, 6.07) is 12.4. The molecule has 55 heavy (non-hydrogen) atoms. The molecule has 5 rings (SSSR count). The van der Waals surface area contributed by atoms with Crippen molar-refractivity contribution in [1.82, 2.24) is 19.9 Å². The first kappa shape index (κ1) is 42.7. The number of aliphatic hydroxyl groups excluding tert-OH is 5. The molecule has 1 aromatic heterocycles. The Kier molecular flexibility index (Phi) is 15.2. The number of rotatable bonds is 23. The van der Waals surface area contributed by atoms with E-state index in [0.717, 1.165) is 48.1 Å². The van der Waals surface area contributed by atoms with Gasteiger partial charge in [-0.25, -0.2) is 13.2 Å². The fourth-order valence-electron chi connectivity index (χ4n) is 6.13. The molecular formula is C38H51ClN4O11S. The van der Waals surface area contributed by atoms with Crippen molar-refractivity contribution in [3.8, 4) is 16.9 Å². The second-order valence-corrected chi connectivity index (χ2v) is 16.1. The maximum atomic E-state index is 14.0. The number of hydrogen-bond acceptors (Lipinski definition) is 12. The number of halogens is 1. The number of ether oxygens (including phenoxy) is 3. The third-order valence-corrected chi connectivity index (χ3v) is 12.0. The summed E-state index contributed by atoms with van der Waals surface area (Å²) < 4.78 is 47.2. The van der Waals surface area contributed by atoms with Gasteiger partial charge in [-0.3, -0.25) is 4.98 Å². The van der Waals surface area contributed by atoms with Gasteiger partial charge in [0.05, 0.1) is 49.1 Å². The van der Waals surface area contributed by atoms with Crippen LogP contribution in [-0.2, 0) is 31.7 Å². The summed E-state index contributed by atoms with van der Waals surface area (Å²) in [5.41, 5.74) is 2.77. The monoisotopic (exact) mass is 806 g/mol. The molecule has 0 aliphatic heterocycles. The lowest BCUT2D eigenvalue weighted by atomic mass is 9.96. The lowest BCUT2D eigenvalue weighted by Gasteiger charge is -2.28. The van der Waals surface area contributed by atoms with Crippen LogP contribution in [0.5, 0.6) is 5.75 Å². The molecule has 0 spiro atoms. The normalized spacial score (nSPS) is 17.3. The highest BCUT2D eigenvalue weighted by atomic mass is 35.5. The second-order valence-electron chi connectivity index (χ2n) is 13.8. The quantitative estimate of drug-likeness (QED) is 0.0687. The number of nitrogens with one attached hydrogen (secondary N) is 2. The molecule has 17 heteroatoms. The average Bonchev–Trinajstić information content (AvgIpc) is 4.14. The maximum Gasteiger partial charge on any atom is 0.315 e. The minimum atomic E-state index is -4.01. The summed E-state index contributed by atoms with van der Waals surface area (Å²) in [4.78, 5) is 16.8. The van der Waals surface area contributed by atoms with E-state index in [0.29, 0.717) is 23.4 Å². The Balaban J connectivity index is 1.20. The first-order valence-electron chi connectivity index (χ1n) is 18.4. The van der Waals surface area contributed by atoms with Gasteiger partial charge in [0.2, 0.25) is 10.0 Å². The molecule has 4 atom stereocenters. The predicted octanol–water partition coefficient (Wildman–Crippen LogP) is 2.30. The van der Waals surface area contributed by atoms with Crippen LogP contribution < -0.4 is 15.4 Å². The zero-order chi connectivity index (χ0) is 39.6. The molecule has 2 aromatic carbocycles. The number of carbonyl (C=O) groups excluding carboxylic acids is 1. The summed E-state index contributed by atoms with van der Waals surface area (Å²) in [5, 5.41) is 53.4. The summed E-state index contributed by atoms with van der Waals surface area (Å²) in [7, 11) is -2.53. The van der Waals surface area contributed by atoms with Crippen molar-refractivity contribution in [2.45, 2.75) is 86.1 Å². The van der Waals surface area contributed by atoms with E-state index in [1.165, 1.54) is 23.5 Å². The van der Waals surface area contributed by atoms with Crippen LogP contribution in [-0.4, -0.2) is 126 Å². The van der Waals surface area contributed by atoms with Gasteiger partial charge in [-0.1, -0.05) is 29.8 Å². The molecule has 302 valence electrons. The van der Waals surface area contributed by atoms with Crippen LogP contribution in [0.2, 0.25) is 5.02 Å². The Morgan fingerprint density at radius 3 is 2.47 bits per heavy atom. The van der Waals surface area contributed by atoms with E-state index >= 15 is 0 Å². The van der Waals surface area contributed by atoms with E-state index in [2.05, 4.69) is 15.6 Å². The van der Waals surface area contributed by atoms with E-state index in [9.17, 15) is 33.6 Å². The van der Waals surface area contributed by atoms with Gasteiger partial charge >= 0.3 is 6.03 Å². The number of amides is 2. The Morgan fingerprint density at radius 2 is 1.78 bits per heavy atom. The van der Waals surface area contributed by atoms with Gasteiger partial charge in [-0.15, -0.1) is 0 Å². The lowest BCUT2D eigenvalue weighted by Crippen LogP contribution is -2.56. The van der Waals surface area contributed by atoms with Gasteiger partial charge in [0.25, 0.3) is 0 Å². The van der Waals surface area contributed by atoms with E-state index < -0.39 is 59.2 Å². The molecular weight excluding hydrogens is 756 g/mol. The van der Waals surface area contributed by atoms with Crippen LogP contribution in [0.25, 0.3) is 11.1 Å². The molecule has 0 unspecified atom stereocenters. The van der Waals surface area contributed by atoms with E-state index in [1.807, 2.05) is 36.5 Å². The SMILES string of the molecule is COCCN(CCCCNC(=O)N[C@@H](CO)[C@@H](O)[C@H](O)[C@H](O)CO)S(=O)(=O)c1ccc(Cl)c(COC2(c3cnccc3-c3ccccc3OC3CC3)CC2)c1. The van der Waals surface area contributed by atoms with Crippen LogP contribution >= 0.6 is 11.6 Å². The highest BCUT2D eigenvalue weighted by Gasteiger charge is 2.48. The molecule has 0 saturated heterocycles. The number of benzene rings is 2. The molecule has 2 aliphatic rings. The molecule has 7 N–H and O–H groups in total. The van der Waals surface area contributed by atoms with Crippen LogP contribution in [0.1, 0.15) is 49.7 Å². The molecule has 0 radical (unpaired) electrons. The third-order valence-electron chi connectivity index (χ3n) is 9.69.